The largest absolute Gasteiger partial charge is 0.491 e. The molecule has 1 N–H and O–H groups in total. The van der Waals surface area contributed by atoms with E-state index in [1.807, 2.05) is 26.0 Å². The first-order valence-corrected chi connectivity index (χ1v) is 9.22. The fraction of sp³-hybridized carbons (Fsp3) is 0.450. The highest BCUT2D eigenvalue weighted by Gasteiger charge is 2.21. The van der Waals surface area contributed by atoms with Gasteiger partial charge in [-0.3, -0.25) is 9.59 Å². The van der Waals surface area contributed by atoms with Crippen molar-refractivity contribution in [1.29, 1.82) is 0 Å². The van der Waals surface area contributed by atoms with Gasteiger partial charge in [0.2, 0.25) is 11.8 Å². The van der Waals surface area contributed by atoms with Gasteiger partial charge in [-0.25, -0.2) is 0 Å². The predicted octanol–water partition coefficient (Wildman–Crippen LogP) is 2.23. The fourth-order valence-corrected chi connectivity index (χ4v) is 3.26. The molecule has 1 aliphatic heterocycles. The summed E-state index contributed by atoms with van der Waals surface area (Å²) in [5, 5.41) is 6.71. The van der Waals surface area contributed by atoms with E-state index in [-0.39, 0.29) is 18.4 Å². The molecule has 2 aromatic rings. The Labute approximate surface area is 163 Å². The number of nitrogens with one attached hydrogen (secondary N) is 1. The first kappa shape index (κ1) is 19.9. The third-order valence-corrected chi connectivity index (χ3v) is 4.72. The first-order chi connectivity index (χ1) is 13.5. The molecule has 1 aliphatic rings. The maximum atomic E-state index is 12.8. The molecule has 2 heterocycles. The molecule has 0 fully saturated rings. The molecule has 0 aliphatic carbocycles. The number of carbonyl (C=O) groups excluding carboxylic acids is 2. The molecule has 2 amide bonds. The van der Waals surface area contributed by atoms with Crippen molar-refractivity contribution in [2.24, 2.45) is 0 Å². The molecule has 150 valence electrons. The number of nitrogens with zero attached hydrogens (tertiary/aromatic N) is 2. The topological polar surface area (TPSA) is 93.9 Å². The normalized spacial score (nSPS) is 13.5. The van der Waals surface area contributed by atoms with Crippen LogP contribution in [0.1, 0.15) is 29.0 Å². The van der Waals surface area contributed by atoms with Crippen molar-refractivity contribution in [1.82, 2.24) is 10.1 Å². The lowest BCUT2D eigenvalue weighted by atomic mass is 10.1. The number of amides is 2. The first-order valence-electron chi connectivity index (χ1n) is 9.22. The van der Waals surface area contributed by atoms with Crippen molar-refractivity contribution < 1.29 is 23.6 Å². The van der Waals surface area contributed by atoms with E-state index in [9.17, 15) is 9.59 Å². The number of ether oxygens (including phenoxy) is 2. The minimum atomic E-state index is -0.232. The van der Waals surface area contributed by atoms with Gasteiger partial charge < -0.3 is 24.2 Å². The maximum absolute atomic E-state index is 12.8. The van der Waals surface area contributed by atoms with Crippen molar-refractivity contribution in [3.05, 3.63) is 40.8 Å². The molecule has 0 spiro atoms. The van der Waals surface area contributed by atoms with Crippen molar-refractivity contribution in [3.63, 3.8) is 0 Å². The molecule has 28 heavy (non-hydrogen) atoms. The average molecular weight is 387 g/mol. The molecule has 3 rings (SSSR count). The lowest BCUT2D eigenvalue weighted by molar-refractivity contribution is -0.131. The number of aryl methyl sites for hydroxylation is 2. The number of rotatable bonds is 6. The van der Waals surface area contributed by atoms with Crippen LogP contribution >= 0.6 is 0 Å². The highest BCUT2D eigenvalue weighted by Crippen LogP contribution is 2.27. The zero-order valence-electron chi connectivity index (χ0n) is 16.4. The van der Waals surface area contributed by atoms with Gasteiger partial charge in [-0.15, -0.1) is 0 Å². The molecule has 0 radical (unpaired) electrons. The van der Waals surface area contributed by atoms with E-state index in [0.717, 1.165) is 28.3 Å². The second kappa shape index (κ2) is 8.88. The second-order valence-electron chi connectivity index (χ2n) is 6.77. The molecule has 0 bridgehead atoms. The zero-order valence-corrected chi connectivity index (χ0v) is 16.4. The quantitative estimate of drug-likeness (QED) is 0.817. The van der Waals surface area contributed by atoms with Crippen LogP contribution in [-0.2, 0) is 27.3 Å². The minimum Gasteiger partial charge on any atom is -0.491 e. The third kappa shape index (κ3) is 4.69. The van der Waals surface area contributed by atoms with E-state index in [2.05, 4.69) is 10.5 Å². The van der Waals surface area contributed by atoms with Gasteiger partial charge in [-0.05, 0) is 38.5 Å². The Morgan fingerprint density at radius 2 is 2.14 bits per heavy atom. The summed E-state index contributed by atoms with van der Waals surface area (Å²) in [6, 6.07) is 5.43. The number of methoxy groups -OCH3 is 1. The number of hydrogen-bond acceptors (Lipinski definition) is 6. The summed E-state index contributed by atoms with van der Waals surface area (Å²) in [5.74, 6) is 1.30. The number of aromatic nitrogens is 1. The summed E-state index contributed by atoms with van der Waals surface area (Å²) in [7, 11) is 1.47. The molecular formula is C20H25N3O5. The second-order valence-corrected chi connectivity index (χ2v) is 6.77. The van der Waals surface area contributed by atoms with Gasteiger partial charge in [0.25, 0.3) is 0 Å². The van der Waals surface area contributed by atoms with Crippen LogP contribution in [0.25, 0.3) is 0 Å². The molecule has 8 heteroatoms. The summed E-state index contributed by atoms with van der Waals surface area (Å²) in [6.07, 6.45) is 0.972. The third-order valence-electron chi connectivity index (χ3n) is 4.72. The van der Waals surface area contributed by atoms with Gasteiger partial charge in [0, 0.05) is 36.9 Å². The number of hydrogen-bond donors (Lipinski definition) is 1. The van der Waals surface area contributed by atoms with E-state index >= 15 is 0 Å². The van der Waals surface area contributed by atoms with Crippen molar-refractivity contribution in [2.45, 2.75) is 33.2 Å². The number of benzene rings is 1. The Bertz CT molecular complexity index is 842. The van der Waals surface area contributed by atoms with Gasteiger partial charge in [-0.1, -0.05) is 5.16 Å². The van der Waals surface area contributed by atoms with E-state index in [4.69, 9.17) is 14.0 Å². The summed E-state index contributed by atoms with van der Waals surface area (Å²) < 4.78 is 15.8. The monoisotopic (exact) mass is 387 g/mol. The van der Waals surface area contributed by atoms with Gasteiger partial charge in [0.1, 0.15) is 24.7 Å². The SMILES string of the molecule is COCC(=O)Nc1ccc2c(c1)CN(C(=O)CCc1c(C)noc1C)CCO2. The van der Waals surface area contributed by atoms with Crippen LogP contribution in [0.2, 0.25) is 0 Å². The van der Waals surface area contributed by atoms with Crippen LogP contribution in [0.15, 0.2) is 22.7 Å². The predicted molar refractivity (Wildman–Crippen MR) is 102 cm³/mol. The smallest absolute Gasteiger partial charge is 0.250 e. The van der Waals surface area contributed by atoms with Crippen LogP contribution in [-0.4, -0.2) is 48.7 Å². The molecular weight excluding hydrogens is 362 g/mol. The van der Waals surface area contributed by atoms with E-state index in [1.165, 1.54) is 7.11 Å². The van der Waals surface area contributed by atoms with Gasteiger partial charge in [0.15, 0.2) is 0 Å². The number of carbonyl (C=O) groups is 2. The lowest BCUT2D eigenvalue weighted by Crippen LogP contribution is -2.32. The van der Waals surface area contributed by atoms with Crippen LogP contribution in [0, 0.1) is 13.8 Å². The lowest BCUT2D eigenvalue weighted by Gasteiger charge is -2.20. The molecule has 1 aromatic heterocycles. The number of fused-ring (bicyclic) bond motifs is 1. The van der Waals surface area contributed by atoms with Crippen LogP contribution in [0.4, 0.5) is 5.69 Å². The number of anilines is 1. The highest BCUT2D eigenvalue weighted by atomic mass is 16.5. The van der Waals surface area contributed by atoms with Crippen molar-refractivity contribution >= 4 is 17.5 Å². The summed E-state index contributed by atoms with van der Waals surface area (Å²) in [6.45, 7) is 5.10. The summed E-state index contributed by atoms with van der Waals surface area (Å²) in [5.41, 5.74) is 3.32. The molecule has 0 unspecified atom stereocenters. The van der Waals surface area contributed by atoms with E-state index < -0.39 is 0 Å². The fourth-order valence-electron chi connectivity index (χ4n) is 3.26. The molecule has 0 atom stereocenters. The standard InChI is InChI=1S/C20H25N3O5/c1-13-17(14(2)28-22-13)5-7-20(25)23-8-9-27-18-6-4-16(10-15(18)11-23)21-19(24)12-26-3/h4,6,10H,5,7-9,11-12H2,1-3H3,(H,21,24). The Morgan fingerprint density at radius 1 is 1.32 bits per heavy atom. The Balaban J connectivity index is 1.67. The average Bonchev–Trinajstić information content (AvgIpc) is 2.86. The Morgan fingerprint density at radius 3 is 2.86 bits per heavy atom. The summed E-state index contributed by atoms with van der Waals surface area (Å²) >= 11 is 0. The van der Waals surface area contributed by atoms with Crippen molar-refractivity contribution in [3.8, 4) is 5.75 Å². The maximum Gasteiger partial charge on any atom is 0.250 e. The summed E-state index contributed by atoms with van der Waals surface area (Å²) in [4.78, 5) is 26.3. The molecule has 1 aromatic carbocycles. The molecule has 8 nitrogen and oxygen atoms in total. The van der Waals surface area contributed by atoms with E-state index in [0.29, 0.717) is 38.2 Å². The zero-order chi connectivity index (χ0) is 20.1. The van der Waals surface area contributed by atoms with Crippen molar-refractivity contribution in [2.75, 3.05) is 32.2 Å². The Hall–Kier alpha value is -2.87. The van der Waals surface area contributed by atoms with Crippen LogP contribution in [0.5, 0.6) is 5.75 Å². The van der Waals surface area contributed by atoms with Gasteiger partial charge in [0.05, 0.1) is 12.2 Å². The van der Waals surface area contributed by atoms with Crippen LogP contribution in [0.3, 0.4) is 0 Å². The molecule has 0 saturated carbocycles. The van der Waals surface area contributed by atoms with Crippen LogP contribution < -0.4 is 10.1 Å². The van der Waals surface area contributed by atoms with E-state index in [1.54, 1.807) is 11.0 Å². The minimum absolute atomic E-state index is 0.0140. The van der Waals surface area contributed by atoms with Gasteiger partial charge in [-0.2, -0.15) is 0 Å². The van der Waals surface area contributed by atoms with Gasteiger partial charge >= 0.3 is 0 Å². The molecule has 0 saturated heterocycles. The Kier molecular flexibility index (Phi) is 6.30. The highest BCUT2D eigenvalue weighted by molar-refractivity contribution is 5.91.